The number of anilines is 1. The van der Waals surface area contributed by atoms with Gasteiger partial charge in [-0.3, -0.25) is 4.90 Å². The number of halogens is 1. The second kappa shape index (κ2) is 9.98. The zero-order chi connectivity index (χ0) is 23.4. The average molecular weight is 449 g/mol. The lowest BCUT2D eigenvalue weighted by molar-refractivity contribution is 0.0344. The number of aryl methyl sites for hydroxylation is 1. The third-order valence-corrected chi connectivity index (χ3v) is 6.05. The van der Waals surface area contributed by atoms with Crippen molar-refractivity contribution in [2.24, 2.45) is 0 Å². The Labute approximate surface area is 195 Å². The van der Waals surface area contributed by atoms with Gasteiger partial charge in [0.2, 0.25) is 0 Å². The molecule has 5 nitrogen and oxygen atoms in total. The molecule has 0 bridgehead atoms. The van der Waals surface area contributed by atoms with E-state index in [0.717, 1.165) is 55.2 Å². The first-order valence-corrected chi connectivity index (χ1v) is 11.7. The highest BCUT2D eigenvalue weighted by Gasteiger charge is 2.26. The number of piperazine rings is 1. The molecule has 2 heterocycles. The Kier molecular flexibility index (Phi) is 7.05. The first kappa shape index (κ1) is 23.3. The maximum atomic E-state index is 14.6. The molecule has 0 saturated carbocycles. The van der Waals surface area contributed by atoms with E-state index in [4.69, 9.17) is 9.97 Å². The lowest BCUT2D eigenvalue weighted by atomic mass is 10.0. The fourth-order valence-corrected chi connectivity index (χ4v) is 4.47. The highest BCUT2D eigenvalue weighted by atomic mass is 19.1. The average Bonchev–Trinajstić information content (AvgIpc) is 2.80. The van der Waals surface area contributed by atoms with Crippen molar-refractivity contribution in [1.82, 2.24) is 14.9 Å². The largest absolute Gasteiger partial charge is 0.389 e. The Morgan fingerprint density at radius 3 is 2.24 bits per heavy atom. The molecular formula is C27H33FN4O. The van der Waals surface area contributed by atoms with Crippen LogP contribution in [0.5, 0.6) is 0 Å². The second-order valence-corrected chi connectivity index (χ2v) is 9.36. The number of hydrogen-bond donors (Lipinski definition) is 1. The molecule has 33 heavy (non-hydrogen) atoms. The fourth-order valence-electron chi connectivity index (χ4n) is 4.47. The number of nitrogens with zero attached hydrogens (tertiary/aromatic N) is 4. The van der Waals surface area contributed by atoms with E-state index in [1.165, 1.54) is 6.07 Å². The summed E-state index contributed by atoms with van der Waals surface area (Å²) >= 11 is 0. The third-order valence-electron chi connectivity index (χ3n) is 6.05. The van der Waals surface area contributed by atoms with Gasteiger partial charge in [0.05, 0.1) is 5.60 Å². The highest BCUT2D eigenvalue weighted by Crippen LogP contribution is 2.29. The lowest BCUT2D eigenvalue weighted by Crippen LogP contribution is -2.51. The van der Waals surface area contributed by atoms with Gasteiger partial charge >= 0.3 is 0 Å². The van der Waals surface area contributed by atoms with Gasteiger partial charge in [0.25, 0.3) is 0 Å². The van der Waals surface area contributed by atoms with Crippen LogP contribution in [0.2, 0.25) is 0 Å². The van der Waals surface area contributed by atoms with Crippen LogP contribution in [0.15, 0.2) is 54.6 Å². The summed E-state index contributed by atoms with van der Waals surface area (Å²) in [5, 5.41) is 10.2. The molecule has 1 saturated heterocycles. The molecule has 4 rings (SSSR count). The molecule has 0 spiro atoms. The molecule has 0 aliphatic carbocycles. The Morgan fingerprint density at radius 1 is 0.939 bits per heavy atom. The van der Waals surface area contributed by atoms with Gasteiger partial charge in [0, 0.05) is 56.0 Å². The van der Waals surface area contributed by atoms with E-state index in [-0.39, 0.29) is 5.82 Å². The van der Waals surface area contributed by atoms with Crippen molar-refractivity contribution in [1.29, 1.82) is 0 Å². The quantitative estimate of drug-likeness (QED) is 0.583. The van der Waals surface area contributed by atoms with Gasteiger partial charge in [-0.15, -0.1) is 0 Å². The number of β-amino-alcohol motifs (C(OH)–C–C–N with tert-alkyl or cyclic N) is 1. The number of rotatable bonds is 7. The summed E-state index contributed by atoms with van der Waals surface area (Å²) in [4.78, 5) is 14.5. The Hall–Kier alpha value is -2.83. The van der Waals surface area contributed by atoms with Crippen molar-refractivity contribution >= 4 is 5.82 Å². The topological polar surface area (TPSA) is 52.5 Å². The minimum atomic E-state index is -0.719. The summed E-state index contributed by atoms with van der Waals surface area (Å²) < 4.78 is 14.6. The third kappa shape index (κ3) is 5.75. The van der Waals surface area contributed by atoms with Gasteiger partial charge in [-0.05, 0) is 31.9 Å². The van der Waals surface area contributed by atoms with E-state index in [0.29, 0.717) is 24.4 Å². The van der Waals surface area contributed by atoms with Crippen molar-refractivity contribution in [3.05, 3.63) is 77.2 Å². The lowest BCUT2D eigenvalue weighted by Gasteiger charge is -2.38. The molecule has 1 fully saturated rings. The van der Waals surface area contributed by atoms with Gasteiger partial charge in [-0.2, -0.15) is 0 Å². The molecule has 6 heteroatoms. The summed E-state index contributed by atoms with van der Waals surface area (Å²) in [6, 6.07) is 17.0. The maximum Gasteiger partial charge on any atom is 0.161 e. The SMILES string of the molecule is CCc1nc(-c2ccccc2)nc(N2CCN(CC(C)(C)O)CC2)c1Cc1ccccc1F. The van der Waals surface area contributed by atoms with Crippen LogP contribution >= 0.6 is 0 Å². The summed E-state index contributed by atoms with van der Waals surface area (Å²) in [5.74, 6) is 1.40. The summed E-state index contributed by atoms with van der Waals surface area (Å²) in [7, 11) is 0. The molecule has 1 aromatic heterocycles. The minimum Gasteiger partial charge on any atom is -0.389 e. The van der Waals surface area contributed by atoms with Gasteiger partial charge < -0.3 is 10.0 Å². The van der Waals surface area contributed by atoms with Crippen molar-refractivity contribution in [2.45, 2.75) is 39.2 Å². The zero-order valence-electron chi connectivity index (χ0n) is 19.8. The molecule has 0 radical (unpaired) electrons. The maximum absolute atomic E-state index is 14.6. The molecule has 1 N–H and O–H groups in total. The summed E-state index contributed by atoms with van der Waals surface area (Å²) in [6.45, 7) is 9.70. The van der Waals surface area contributed by atoms with Crippen LogP contribution in [-0.4, -0.2) is 58.3 Å². The van der Waals surface area contributed by atoms with E-state index in [9.17, 15) is 9.50 Å². The first-order valence-electron chi connectivity index (χ1n) is 11.7. The number of aromatic nitrogens is 2. The predicted octanol–water partition coefficient (Wildman–Crippen LogP) is 4.33. The smallest absolute Gasteiger partial charge is 0.161 e. The summed E-state index contributed by atoms with van der Waals surface area (Å²) in [6.07, 6.45) is 1.21. The molecule has 174 valence electrons. The van der Waals surface area contributed by atoms with Gasteiger partial charge in [0.15, 0.2) is 5.82 Å². The Bertz CT molecular complexity index is 1070. The van der Waals surface area contributed by atoms with E-state index < -0.39 is 5.60 Å². The van der Waals surface area contributed by atoms with Gasteiger partial charge in [-0.1, -0.05) is 55.5 Å². The van der Waals surface area contributed by atoms with Crippen LogP contribution in [-0.2, 0) is 12.8 Å². The van der Waals surface area contributed by atoms with E-state index in [1.807, 2.05) is 56.3 Å². The number of benzene rings is 2. The monoisotopic (exact) mass is 448 g/mol. The molecule has 2 aromatic carbocycles. The predicted molar refractivity (Wildman–Crippen MR) is 131 cm³/mol. The van der Waals surface area contributed by atoms with Gasteiger partial charge in [-0.25, -0.2) is 14.4 Å². The van der Waals surface area contributed by atoms with Crippen molar-refractivity contribution in [3.8, 4) is 11.4 Å². The molecular weight excluding hydrogens is 415 g/mol. The molecule has 3 aromatic rings. The van der Waals surface area contributed by atoms with Crippen molar-refractivity contribution in [2.75, 3.05) is 37.6 Å². The van der Waals surface area contributed by atoms with E-state index >= 15 is 0 Å². The number of hydrogen-bond acceptors (Lipinski definition) is 5. The molecule has 0 unspecified atom stereocenters. The molecule has 1 aliphatic rings. The highest BCUT2D eigenvalue weighted by molar-refractivity contribution is 5.61. The molecule has 0 atom stereocenters. The zero-order valence-corrected chi connectivity index (χ0v) is 19.8. The van der Waals surface area contributed by atoms with Crippen LogP contribution in [0.3, 0.4) is 0 Å². The fraction of sp³-hybridized carbons (Fsp3) is 0.407. The summed E-state index contributed by atoms with van der Waals surface area (Å²) in [5.41, 5.74) is 2.87. The van der Waals surface area contributed by atoms with Crippen LogP contribution in [0, 0.1) is 5.82 Å². The normalized spacial score (nSPS) is 15.1. The van der Waals surface area contributed by atoms with Crippen LogP contribution in [0.4, 0.5) is 10.2 Å². The van der Waals surface area contributed by atoms with Crippen molar-refractivity contribution < 1.29 is 9.50 Å². The number of aliphatic hydroxyl groups is 1. The van der Waals surface area contributed by atoms with Crippen LogP contribution < -0.4 is 4.90 Å². The van der Waals surface area contributed by atoms with Crippen molar-refractivity contribution in [3.63, 3.8) is 0 Å². The van der Waals surface area contributed by atoms with Gasteiger partial charge in [0.1, 0.15) is 11.6 Å². The van der Waals surface area contributed by atoms with Crippen LogP contribution in [0.25, 0.3) is 11.4 Å². The Morgan fingerprint density at radius 2 is 1.61 bits per heavy atom. The standard InChI is InChI=1S/C27H33FN4O/c1-4-24-22(18-21-12-8-9-13-23(21)28)26(30-25(29-24)20-10-6-5-7-11-20)32-16-14-31(15-17-32)19-27(2,3)33/h5-13,33H,4,14-19H2,1-3H3. The minimum absolute atomic E-state index is 0.201. The molecule has 1 aliphatic heterocycles. The van der Waals surface area contributed by atoms with E-state index in [1.54, 1.807) is 6.07 Å². The van der Waals surface area contributed by atoms with Crippen LogP contribution in [0.1, 0.15) is 37.6 Å². The second-order valence-electron chi connectivity index (χ2n) is 9.36. The Balaban J connectivity index is 1.72. The van der Waals surface area contributed by atoms with E-state index in [2.05, 4.69) is 16.7 Å². The molecule has 0 amide bonds. The first-order chi connectivity index (χ1) is 15.8.